The molecule has 0 spiro atoms. The second-order valence-corrected chi connectivity index (χ2v) is 19.3. The van der Waals surface area contributed by atoms with Crippen molar-refractivity contribution in [1.82, 2.24) is 0 Å². The monoisotopic (exact) mass is 537 g/mol. The molecular formula is C21H45O2Pb. The van der Waals surface area contributed by atoms with Gasteiger partial charge in [0.15, 0.2) is 0 Å². The summed E-state index contributed by atoms with van der Waals surface area (Å²) in [6.07, 6.45) is 20.2. The molecule has 0 heterocycles. The van der Waals surface area contributed by atoms with Crippen LogP contribution in [-0.2, 0) is 4.79 Å². The summed E-state index contributed by atoms with van der Waals surface area (Å²) < 4.78 is 7.14. The van der Waals surface area contributed by atoms with Gasteiger partial charge >= 0.3 is 42.1 Å². The van der Waals surface area contributed by atoms with E-state index in [4.69, 9.17) is 5.11 Å². The van der Waals surface area contributed by atoms with Crippen LogP contribution in [0.25, 0.3) is 0 Å². The van der Waals surface area contributed by atoms with Crippen molar-refractivity contribution in [1.29, 1.82) is 0 Å². The Morgan fingerprint density at radius 1 is 0.625 bits per heavy atom. The molecular weight excluding hydrogens is 491 g/mol. The van der Waals surface area contributed by atoms with E-state index in [1.165, 1.54) is 83.5 Å². The number of hydrogen-bond acceptors (Lipinski definition) is 1. The Morgan fingerprint density at radius 3 is 1.12 bits per heavy atom. The molecule has 0 saturated heterocycles. The van der Waals surface area contributed by atoms with E-state index in [-0.39, 0.29) is 0 Å². The third-order valence-electron chi connectivity index (χ3n) is 3.99. The molecule has 1 radical (unpaired) electrons. The molecule has 0 aliphatic heterocycles. The van der Waals surface area contributed by atoms with Crippen molar-refractivity contribution in [2.75, 3.05) is 0 Å². The van der Waals surface area contributed by atoms with Gasteiger partial charge in [-0.1, -0.05) is 96.8 Å². The number of carboxylic acids is 1. The second kappa shape index (κ2) is 23.4. The van der Waals surface area contributed by atoms with Crippen LogP contribution >= 0.6 is 0 Å². The van der Waals surface area contributed by atoms with Gasteiger partial charge in [-0.25, -0.2) is 0 Å². The van der Waals surface area contributed by atoms with Crippen LogP contribution < -0.4 is 0 Å². The first-order valence-electron chi connectivity index (χ1n) is 10.5. The molecule has 0 fully saturated rings. The number of hydrogen-bond donors (Lipinski definition) is 1. The summed E-state index contributed by atoms with van der Waals surface area (Å²) in [5, 5.41) is 8.52. The Hall–Kier alpha value is 0.392. The first-order valence-corrected chi connectivity index (χ1v) is 22.2. The van der Waals surface area contributed by atoms with E-state index in [2.05, 4.69) is 20.4 Å². The zero-order valence-electron chi connectivity index (χ0n) is 17.2. The molecule has 0 unspecified atom stereocenters. The van der Waals surface area contributed by atoms with Crippen LogP contribution in [0.3, 0.4) is 0 Å². The number of rotatable bonds is 16. The fourth-order valence-corrected chi connectivity index (χ4v) is 2.65. The van der Waals surface area contributed by atoms with Crippen LogP contribution in [0.4, 0.5) is 0 Å². The van der Waals surface area contributed by atoms with E-state index < -0.39 is 28.7 Å². The fourth-order valence-electron chi connectivity index (χ4n) is 2.65. The summed E-state index contributed by atoms with van der Waals surface area (Å²) in [7, 11) is 0. The maximum absolute atomic E-state index is 10.3. The SMILES string of the molecule is CCCCCCCCCCCCCCCCCC(=O)O.[CH3][Pb]([CH3])[CH3]. The van der Waals surface area contributed by atoms with Crippen LogP contribution in [0.5, 0.6) is 0 Å². The second-order valence-electron chi connectivity index (χ2n) is 7.59. The molecule has 0 aliphatic rings. The first kappa shape index (κ1) is 26.6. The third kappa shape index (κ3) is 33.9. The zero-order chi connectivity index (χ0) is 18.5. The minimum atomic E-state index is -0.657. The van der Waals surface area contributed by atoms with Crippen LogP contribution in [0.1, 0.15) is 110 Å². The van der Waals surface area contributed by atoms with Gasteiger partial charge < -0.3 is 5.11 Å². The Bertz CT molecular complexity index is 239. The predicted octanol–water partition coefficient (Wildman–Crippen LogP) is 7.70. The van der Waals surface area contributed by atoms with Gasteiger partial charge in [-0.15, -0.1) is 0 Å². The summed E-state index contributed by atoms with van der Waals surface area (Å²) in [6, 6.07) is 0. The average Bonchev–Trinajstić information content (AvgIpc) is 2.50. The molecule has 0 amide bonds. The molecule has 3 heteroatoms. The van der Waals surface area contributed by atoms with Crippen molar-refractivity contribution in [3.05, 3.63) is 0 Å². The van der Waals surface area contributed by atoms with Crippen molar-refractivity contribution in [2.24, 2.45) is 0 Å². The van der Waals surface area contributed by atoms with Gasteiger partial charge in [0, 0.05) is 6.42 Å². The van der Waals surface area contributed by atoms with Crippen molar-refractivity contribution < 1.29 is 9.90 Å². The van der Waals surface area contributed by atoms with Gasteiger partial charge in [-0.2, -0.15) is 0 Å². The molecule has 1 N–H and O–H groups in total. The Morgan fingerprint density at radius 2 is 0.875 bits per heavy atom. The molecule has 0 aromatic heterocycles. The molecule has 145 valence electrons. The summed E-state index contributed by atoms with van der Waals surface area (Å²) in [5.41, 5.74) is 0. The van der Waals surface area contributed by atoms with Crippen LogP contribution in [0, 0.1) is 0 Å². The Kier molecular flexibility index (Phi) is 25.9. The molecule has 0 atom stereocenters. The molecule has 0 aromatic rings. The van der Waals surface area contributed by atoms with Crippen molar-refractivity contribution in [3.8, 4) is 0 Å². The number of carboxylic acid groups (broad SMARTS) is 1. The maximum atomic E-state index is 10.3. The van der Waals surface area contributed by atoms with Crippen LogP contribution in [-0.4, -0.2) is 33.8 Å². The third-order valence-corrected chi connectivity index (χ3v) is 3.99. The van der Waals surface area contributed by atoms with E-state index in [0.29, 0.717) is 6.42 Å². The minimum absolute atomic E-state index is 0.345. The van der Waals surface area contributed by atoms with Crippen LogP contribution in [0.15, 0.2) is 0 Å². The van der Waals surface area contributed by atoms with Gasteiger partial charge in [-0.05, 0) is 6.42 Å². The normalized spacial score (nSPS) is 10.5. The topological polar surface area (TPSA) is 37.3 Å². The van der Waals surface area contributed by atoms with Gasteiger partial charge in [-0.3, -0.25) is 4.79 Å². The summed E-state index contributed by atoms with van der Waals surface area (Å²) >= 11 is -0.657. The molecule has 0 aromatic carbocycles. The van der Waals surface area contributed by atoms with Crippen molar-refractivity contribution >= 4 is 28.7 Å². The standard InChI is InChI=1S/C18H36O2.3CH3.Pb/c1-2-3-4-5-6-7-8-9-10-11-12-13-14-15-16-17-18(19)20;;;;/h2-17H2,1H3,(H,19,20);3*1H3;. The van der Waals surface area contributed by atoms with Gasteiger partial charge in [0.1, 0.15) is 0 Å². The summed E-state index contributed by atoms with van der Waals surface area (Å²) in [5.74, 6) is -0.653. The van der Waals surface area contributed by atoms with Gasteiger partial charge in [0.25, 0.3) is 0 Å². The van der Waals surface area contributed by atoms with E-state index >= 15 is 0 Å². The number of unbranched alkanes of at least 4 members (excludes halogenated alkanes) is 14. The van der Waals surface area contributed by atoms with E-state index in [1.807, 2.05) is 0 Å². The van der Waals surface area contributed by atoms with Crippen LogP contribution in [0.2, 0.25) is 13.4 Å². The zero-order valence-corrected chi connectivity index (χ0v) is 21.1. The molecule has 0 aliphatic carbocycles. The van der Waals surface area contributed by atoms with E-state index in [9.17, 15) is 4.79 Å². The van der Waals surface area contributed by atoms with Gasteiger partial charge in [0.05, 0.1) is 0 Å². The van der Waals surface area contributed by atoms with E-state index in [0.717, 1.165) is 12.8 Å². The van der Waals surface area contributed by atoms with E-state index in [1.54, 1.807) is 0 Å². The summed E-state index contributed by atoms with van der Waals surface area (Å²) in [4.78, 5) is 10.3. The molecule has 2 nitrogen and oxygen atoms in total. The number of carbonyl (C=O) groups is 1. The molecule has 0 saturated carbocycles. The van der Waals surface area contributed by atoms with Crippen molar-refractivity contribution in [3.63, 3.8) is 0 Å². The quantitative estimate of drug-likeness (QED) is 0.162. The average molecular weight is 537 g/mol. The number of aliphatic carboxylic acids is 1. The van der Waals surface area contributed by atoms with Gasteiger partial charge in [0.2, 0.25) is 0 Å². The molecule has 0 bridgehead atoms. The molecule has 24 heavy (non-hydrogen) atoms. The fraction of sp³-hybridized carbons (Fsp3) is 0.952. The Labute approximate surface area is 161 Å². The summed E-state index contributed by atoms with van der Waals surface area (Å²) in [6.45, 7) is 2.27. The Balaban J connectivity index is 0. The predicted molar refractivity (Wildman–Crippen MR) is 111 cm³/mol. The molecule has 0 rings (SSSR count). The first-order chi connectivity index (χ1) is 11.5. The van der Waals surface area contributed by atoms with Crippen molar-refractivity contribution in [2.45, 2.75) is 123 Å².